The summed E-state index contributed by atoms with van der Waals surface area (Å²) in [7, 11) is 0. The molecule has 0 aromatic carbocycles. The summed E-state index contributed by atoms with van der Waals surface area (Å²) in [6.45, 7) is 2.21. The highest BCUT2D eigenvalue weighted by atomic mass is 16.1. The second kappa shape index (κ2) is 3.41. The first-order valence-electron chi connectivity index (χ1n) is 3.80. The van der Waals surface area contributed by atoms with Crippen molar-refractivity contribution in [1.82, 2.24) is 0 Å². The van der Waals surface area contributed by atoms with E-state index in [2.05, 4.69) is 18.8 Å². The predicted molar refractivity (Wildman–Crippen MR) is 40.3 cm³/mol. The van der Waals surface area contributed by atoms with Crippen LogP contribution in [0, 0.1) is 23.7 Å². The summed E-state index contributed by atoms with van der Waals surface area (Å²) in [5.41, 5.74) is 0. The highest BCUT2D eigenvalue weighted by Crippen LogP contribution is 2.42. The quantitative estimate of drug-likeness (QED) is 0.416. The van der Waals surface area contributed by atoms with E-state index < -0.39 is 0 Å². The Labute approximate surface area is 61.8 Å². The molecule has 0 spiro atoms. The third kappa shape index (κ3) is 1.88. The molecule has 1 nitrogen and oxygen atoms in total. The van der Waals surface area contributed by atoms with Crippen LogP contribution in [0.4, 0.5) is 0 Å². The Morgan fingerprint density at radius 2 is 2.40 bits per heavy atom. The Balaban J connectivity index is 2.12. The first-order valence-corrected chi connectivity index (χ1v) is 3.80. The van der Waals surface area contributed by atoms with Crippen molar-refractivity contribution in [1.29, 1.82) is 0 Å². The normalized spacial score (nSPS) is 28.5. The molecule has 54 valence electrons. The van der Waals surface area contributed by atoms with Gasteiger partial charge in [-0.05, 0) is 24.2 Å². The number of carbonyl (C=O) groups excluding carboxylic acids is 1. The van der Waals surface area contributed by atoms with Gasteiger partial charge in [0.15, 0.2) is 6.29 Å². The molecular weight excluding hydrogens is 124 g/mol. The summed E-state index contributed by atoms with van der Waals surface area (Å²) in [4.78, 5) is 9.78. The van der Waals surface area contributed by atoms with Gasteiger partial charge in [0.2, 0.25) is 0 Å². The van der Waals surface area contributed by atoms with Crippen molar-refractivity contribution in [3.63, 3.8) is 0 Å². The van der Waals surface area contributed by atoms with Gasteiger partial charge < -0.3 is 0 Å². The smallest absolute Gasteiger partial charge is 0.192 e. The van der Waals surface area contributed by atoms with E-state index in [0.717, 1.165) is 18.3 Å². The molecule has 2 atom stereocenters. The molecule has 0 heterocycles. The minimum absolute atomic E-state index is 0.670. The number of hydrogen-bond acceptors (Lipinski definition) is 1. The molecule has 0 aromatic heterocycles. The Kier molecular flexibility index (Phi) is 2.50. The van der Waals surface area contributed by atoms with Crippen molar-refractivity contribution < 1.29 is 4.79 Å². The van der Waals surface area contributed by atoms with Crippen LogP contribution in [0.2, 0.25) is 0 Å². The van der Waals surface area contributed by atoms with Crippen LogP contribution in [-0.2, 0) is 4.79 Å². The van der Waals surface area contributed by atoms with E-state index in [1.807, 2.05) is 0 Å². The average Bonchev–Trinajstić information content (AvgIpc) is 2.68. The first kappa shape index (κ1) is 7.34. The molecule has 10 heavy (non-hydrogen) atoms. The van der Waals surface area contributed by atoms with Crippen molar-refractivity contribution in [3.05, 3.63) is 0 Å². The average molecular weight is 136 g/mol. The van der Waals surface area contributed by atoms with Crippen molar-refractivity contribution in [2.75, 3.05) is 0 Å². The molecule has 0 N–H and O–H groups in total. The lowest BCUT2D eigenvalue weighted by molar-refractivity contribution is -0.103. The summed E-state index contributed by atoms with van der Waals surface area (Å²) >= 11 is 0. The maximum atomic E-state index is 9.78. The fourth-order valence-electron chi connectivity index (χ4n) is 1.29. The van der Waals surface area contributed by atoms with Crippen molar-refractivity contribution >= 4 is 6.29 Å². The molecule has 0 bridgehead atoms. The van der Waals surface area contributed by atoms with Gasteiger partial charge >= 0.3 is 0 Å². The Bertz CT molecular complexity index is 173. The van der Waals surface area contributed by atoms with E-state index in [1.54, 1.807) is 0 Å². The monoisotopic (exact) mass is 136 g/mol. The molecule has 0 aromatic rings. The van der Waals surface area contributed by atoms with E-state index in [4.69, 9.17) is 0 Å². The zero-order chi connectivity index (χ0) is 7.40. The molecule has 0 radical (unpaired) electrons. The van der Waals surface area contributed by atoms with Crippen LogP contribution in [0.15, 0.2) is 0 Å². The third-order valence-corrected chi connectivity index (χ3v) is 2.12. The SMILES string of the molecule is CC[C@@H]1C[C@@H]1CC#CC=O. The van der Waals surface area contributed by atoms with Gasteiger partial charge in [0.25, 0.3) is 0 Å². The lowest BCUT2D eigenvalue weighted by Crippen LogP contribution is -1.77. The van der Waals surface area contributed by atoms with Crippen LogP contribution in [0.5, 0.6) is 0 Å². The standard InChI is InChI=1S/C9H12O/c1-2-8-7-9(8)5-3-4-6-10/h6,8-9H,2,5,7H2,1H3/t8-,9+/m1/s1. The highest BCUT2D eigenvalue weighted by molar-refractivity contribution is 5.72. The Hall–Kier alpha value is -0.770. The summed E-state index contributed by atoms with van der Waals surface area (Å²) in [6, 6.07) is 0. The second-order valence-electron chi connectivity index (χ2n) is 2.81. The lowest BCUT2D eigenvalue weighted by atomic mass is 10.2. The van der Waals surface area contributed by atoms with Crippen molar-refractivity contribution in [2.45, 2.75) is 26.2 Å². The summed E-state index contributed by atoms with van der Waals surface area (Å²) in [5.74, 6) is 6.98. The largest absolute Gasteiger partial charge is 0.289 e. The van der Waals surface area contributed by atoms with Crippen LogP contribution < -0.4 is 0 Å². The molecule has 1 fully saturated rings. The van der Waals surface area contributed by atoms with Crippen LogP contribution in [-0.4, -0.2) is 6.29 Å². The minimum Gasteiger partial charge on any atom is -0.289 e. The topological polar surface area (TPSA) is 17.1 Å². The number of carbonyl (C=O) groups is 1. The Morgan fingerprint density at radius 3 is 2.90 bits per heavy atom. The molecule has 0 amide bonds. The highest BCUT2D eigenvalue weighted by Gasteiger charge is 2.33. The molecule has 0 aliphatic heterocycles. The fraction of sp³-hybridized carbons (Fsp3) is 0.667. The molecule has 1 rings (SSSR count). The maximum absolute atomic E-state index is 9.78. The van der Waals surface area contributed by atoms with E-state index in [9.17, 15) is 4.79 Å². The van der Waals surface area contributed by atoms with Crippen molar-refractivity contribution in [2.24, 2.45) is 11.8 Å². The van der Waals surface area contributed by atoms with Crippen molar-refractivity contribution in [3.8, 4) is 11.8 Å². The molecule has 1 saturated carbocycles. The summed E-state index contributed by atoms with van der Waals surface area (Å²) in [6.07, 6.45) is 4.19. The molecule has 0 saturated heterocycles. The van der Waals surface area contributed by atoms with Gasteiger partial charge in [0, 0.05) is 6.42 Å². The maximum Gasteiger partial charge on any atom is 0.192 e. The predicted octanol–water partition coefficient (Wildman–Crippen LogP) is 1.62. The van der Waals surface area contributed by atoms with E-state index in [-0.39, 0.29) is 0 Å². The van der Waals surface area contributed by atoms with E-state index >= 15 is 0 Å². The van der Waals surface area contributed by atoms with Crippen LogP contribution in [0.25, 0.3) is 0 Å². The Morgan fingerprint density at radius 1 is 1.60 bits per heavy atom. The summed E-state index contributed by atoms with van der Waals surface area (Å²) in [5, 5.41) is 0. The number of hydrogen-bond donors (Lipinski definition) is 0. The second-order valence-corrected chi connectivity index (χ2v) is 2.81. The molecular formula is C9H12O. The van der Waals surface area contributed by atoms with E-state index in [0.29, 0.717) is 6.29 Å². The van der Waals surface area contributed by atoms with Gasteiger partial charge in [-0.3, -0.25) is 4.79 Å². The van der Waals surface area contributed by atoms with Crippen LogP contribution in [0.1, 0.15) is 26.2 Å². The van der Waals surface area contributed by atoms with Gasteiger partial charge in [-0.15, -0.1) is 0 Å². The number of aldehydes is 1. The van der Waals surface area contributed by atoms with Gasteiger partial charge in [-0.1, -0.05) is 19.3 Å². The molecule has 1 aliphatic rings. The summed E-state index contributed by atoms with van der Waals surface area (Å²) < 4.78 is 0. The first-order chi connectivity index (χ1) is 4.88. The van der Waals surface area contributed by atoms with E-state index in [1.165, 1.54) is 12.8 Å². The third-order valence-electron chi connectivity index (χ3n) is 2.12. The van der Waals surface area contributed by atoms with Crippen LogP contribution >= 0.6 is 0 Å². The molecule has 0 unspecified atom stereocenters. The number of rotatable bonds is 2. The molecule has 1 aliphatic carbocycles. The fourth-order valence-corrected chi connectivity index (χ4v) is 1.29. The lowest BCUT2D eigenvalue weighted by Gasteiger charge is -1.85. The molecule has 1 heteroatoms. The minimum atomic E-state index is 0.670. The van der Waals surface area contributed by atoms with Gasteiger partial charge in [-0.25, -0.2) is 0 Å². The van der Waals surface area contributed by atoms with Gasteiger partial charge in [-0.2, -0.15) is 0 Å². The van der Waals surface area contributed by atoms with Gasteiger partial charge in [0.05, 0.1) is 0 Å². The van der Waals surface area contributed by atoms with Crippen LogP contribution in [0.3, 0.4) is 0 Å². The zero-order valence-corrected chi connectivity index (χ0v) is 6.26. The zero-order valence-electron chi connectivity index (χ0n) is 6.26. The van der Waals surface area contributed by atoms with Gasteiger partial charge in [0.1, 0.15) is 0 Å².